The number of ketones is 1. The van der Waals surface area contributed by atoms with Crippen LogP contribution < -0.4 is 0 Å². The molecule has 0 fully saturated rings. The van der Waals surface area contributed by atoms with Crippen LogP contribution in [0.4, 0.5) is 0 Å². The van der Waals surface area contributed by atoms with Crippen LogP contribution >= 0.6 is 0 Å². The third kappa shape index (κ3) is 6.35. The Morgan fingerprint density at radius 2 is 1.87 bits per heavy atom. The summed E-state index contributed by atoms with van der Waals surface area (Å²) in [4.78, 5) is 17.5. The number of Topliss-reactive ketones (excluding diaryl/α,β-unsaturated/α-hetero) is 1. The summed E-state index contributed by atoms with van der Waals surface area (Å²) in [6.07, 6.45) is 7.36. The molecule has 1 heterocycles. The van der Waals surface area contributed by atoms with Crippen molar-refractivity contribution in [2.45, 2.75) is 53.1 Å². The molecule has 162 valence electrons. The van der Waals surface area contributed by atoms with Gasteiger partial charge in [0.1, 0.15) is 12.4 Å². The summed E-state index contributed by atoms with van der Waals surface area (Å²) in [5.41, 5.74) is 3.21. The first-order valence-corrected chi connectivity index (χ1v) is 10.6. The first-order valence-electron chi connectivity index (χ1n) is 10.6. The van der Waals surface area contributed by atoms with Crippen molar-refractivity contribution in [3.63, 3.8) is 0 Å². The average molecular weight is 410 g/mol. The number of hydrogen-bond acceptors (Lipinski definition) is 4. The van der Waals surface area contributed by atoms with Crippen molar-refractivity contribution >= 4 is 17.9 Å². The summed E-state index contributed by atoms with van der Waals surface area (Å²) in [5.74, 6) is 0.508. The van der Waals surface area contributed by atoms with Crippen LogP contribution in [0.1, 0.15) is 56.5 Å². The van der Waals surface area contributed by atoms with Crippen molar-refractivity contribution in [3.8, 4) is 0 Å². The molecule has 1 aromatic heterocycles. The highest BCUT2D eigenvalue weighted by Crippen LogP contribution is 2.33. The van der Waals surface area contributed by atoms with Gasteiger partial charge in [0.15, 0.2) is 5.78 Å². The number of ether oxygens (including phenoxy) is 2. The fourth-order valence-electron chi connectivity index (χ4n) is 3.88. The number of rotatable bonds is 11. The Hall–Kier alpha value is -2.30. The molecule has 0 radical (unpaired) electrons. The molecule has 2 aromatic rings. The summed E-state index contributed by atoms with van der Waals surface area (Å²) >= 11 is 0. The zero-order chi connectivity index (χ0) is 22.1. The summed E-state index contributed by atoms with van der Waals surface area (Å²) in [7, 11) is 1.58. The number of aryl methyl sites for hydroxylation is 1. The standard InChI is InChI=1S/C26H35NO3/c1-19(2)14-21(4)26(22(5)28,30-18-29-6)16-25-15-24(20(3)17-27-25)13-12-23-10-8-7-9-11-23/h7-13,15,17,19,21H,14,16,18H2,1-6H3/b13-12+/t21-,26+/m0/s1. The van der Waals surface area contributed by atoms with E-state index in [9.17, 15) is 4.79 Å². The molecular weight excluding hydrogens is 374 g/mol. The number of aromatic nitrogens is 1. The number of hydrogen-bond donors (Lipinski definition) is 0. The van der Waals surface area contributed by atoms with Crippen molar-refractivity contribution in [2.24, 2.45) is 11.8 Å². The molecule has 0 unspecified atom stereocenters. The van der Waals surface area contributed by atoms with Crippen molar-refractivity contribution < 1.29 is 14.3 Å². The second-order valence-electron chi connectivity index (χ2n) is 8.48. The van der Waals surface area contributed by atoms with Crippen LogP contribution in [-0.2, 0) is 20.7 Å². The first-order chi connectivity index (χ1) is 14.3. The molecule has 1 aromatic carbocycles. The highest BCUT2D eigenvalue weighted by Gasteiger charge is 2.43. The predicted octanol–water partition coefficient (Wildman–Crippen LogP) is 5.73. The second kappa shape index (κ2) is 11.2. The smallest absolute Gasteiger partial charge is 0.162 e. The van der Waals surface area contributed by atoms with Crippen molar-refractivity contribution in [2.75, 3.05) is 13.9 Å². The zero-order valence-corrected chi connectivity index (χ0v) is 19.1. The summed E-state index contributed by atoms with van der Waals surface area (Å²) < 4.78 is 11.2. The molecule has 0 saturated carbocycles. The molecule has 0 N–H and O–H groups in total. The summed E-state index contributed by atoms with van der Waals surface area (Å²) in [6, 6.07) is 12.3. The van der Waals surface area contributed by atoms with Gasteiger partial charge in [-0.05, 0) is 54.9 Å². The second-order valence-corrected chi connectivity index (χ2v) is 8.48. The van der Waals surface area contributed by atoms with Gasteiger partial charge < -0.3 is 9.47 Å². The quantitative estimate of drug-likeness (QED) is 0.445. The lowest BCUT2D eigenvalue weighted by molar-refractivity contribution is -0.174. The molecule has 2 rings (SSSR count). The monoisotopic (exact) mass is 409 g/mol. The van der Waals surface area contributed by atoms with E-state index in [-0.39, 0.29) is 18.5 Å². The van der Waals surface area contributed by atoms with E-state index in [1.54, 1.807) is 14.0 Å². The van der Waals surface area contributed by atoms with E-state index >= 15 is 0 Å². The minimum absolute atomic E-state index is 0.0106. The number of pyridine rings is 1. The predicted molar refractivity (Wildman–Crippen MR) is 123 cm³/mol. The van der Waals surface area contributed by atoms with Gasteiger partial charge >= 0.3 is 0 Å². The van der Waals surface area contributed by atoms with Crippen LogP contribution in [-0.4, -0.2) is 30.3 Å². The Kier molecular flexibility index (Phi) is 8.94. The van der Waals surface area contributed by atoms with Crippen molar-refractivity contribution in [1.82, 2.24) is 4.98 Å². The largest absolute Gasteiger partial charge is 0.359 e. The molecule has 0 aliphatic rings. The number of nitrogens with zero attached hydrogens (tertiary/aromatic N) is 1. The maximum atomic E-state index is 12.8. The Labute approximate surface area is 181 Å². The Bertz CT molecular complexity index is 845. The van der Waals surface area contributed by atoms with E-state index in [0.717, 1.165) is 28.8 Å². The lowest BCUT2D eigenvalue weighted by Gasteiger charge is -2.37. The minimum atomic E-state index is -0.955. The maximum Gasteiger partial charge on any atom is 0.162 e. The minimum Gasteiger partial charge on any atom is -0.359 e. The molecule has 2 atom stereocenters. The maximum absolute atomic E-state index is 12.8. The van der Waals surface area contributed by atoms with E-state index in [0.29, 0.717) is 12.3 Å². The van der Waals surface area contributed by atoms with Crippen LogP contribution in [0.5, 0.6) is 0 Å². The highest BCUT2D eigenvalue weighted by molar-refractivity contribution is 5.85. The van der Waals surface area contributed by atoms with Gasteiger partial charge in [-0.2, -0.15) is 0 Å². The third-order valence-electron chi connectivity index (χ3n) is 5.55. The topological polar surface area (TPSA) is 48.4 Å². The normalized spacial score (nSPS) is 14.8. The summed E-state index contributed by atoms with van der Waals surface area (Å²) in [6.45, 7) is 10.1. The van der Waals surface area contributed by atoms with Gasteiger partial charge in [0.2, 0.25) is 0 Å². The molecule has 0 aliphatic heterocycles. The lowest BCUT2D eigenvalue weighted by Crippen LogP contribution is -2.49. The summed E-state index contributed by atoms with van der Waals surface area (Å²) in [5, 5.41) is 0. The number of carbonyl (C=O) groups is 1. The third-order valence-corrected chi connectivity index (χ3v) is 5.55. The van der Waals surface area contributed by atoms with Crippen LogP contribution in [0.15, 0.2) is 42.6 Å². The molecule has 0 aliphatic carbocycles. The van der Waals surface area contributed by atoms with Gasteiger partial charge in [-0.15, -0.1) is 0 Å². The molecular formula is C26H35NO3. The van der Waals surface area contributed by atoms with Gasteiger partial charge in [-0.25, -0.2) is 0 Å². The molecule has 30 heavy (non-hydrogen) atoms. The first kappa shape index (κ1) is 24.0. The van der Waals surface area contributed by atoms with E-state index in [4.69, 9.17) is 9.47 Å². The number of benzene rings is 1. The Morgan fingerprint density at radius 1 is 1.17 bits per heavy atom. The molecule has 0 bridgehead atoms. The number of methoxy groups -OCH3 is 1. The molecule has 0 amide bonds. The van der Waals surface area contributed by atoms with E-state index in [1.807, 2.05) is 31.3 Å². The van der Waals surface area contributed by atoms with Crippen molar-refractivity contribution in [1.29, 1.82) is 0 Å². The Morgan fingerprint density at radius 3 is 2.47 bits per heavy atom. The van der Waals surface area contributed by atoms with Gasteiger partial charge in [0, 0.05) is 25.4 Å². The van der Waals surface area contributed by atoms with Crippen molar-refractivity contribution in [3.05, 3.63) is 65.0 Å². The van der Waals surface area contributed by atoms with Gasteiger partial charge in [0.05, 0.1) is 0 Å². The van der Waals surface area contributed by atoms with Crippen LogP contribution in [0, 0.1) is 18.8 Å². The fourth-order valence-corrected chi connectivity index (χ4v) is 3.88. The van der Waals surface area contributed by atoms with E-state index in [2.05, 4.69) is 56.1 Å². The molecule has 0 saturated heterocycles. The van der Waals surface area contributed by atoms with Crippen LogP contribution in [0.3, 0.4) is 0 Å². The molecule has 4 heteroatoms. The SMILES string of the molecule is COCO[C@@](Cc1cc(/C=C/c2ccccc2)c(C)cn1)(C(C)=O)[C@@H](C)CC(C)C. The van der Waals surface area contributed by atoms with Gasteiger partial charge in [0.25, 0.3) is 0 Å². The molecule has 0 spiro atoms. The van der Waals surface area contributed by atoms with Crippen LogP contribution in [0.25, 0.3) is 12.2 Å². The van der Waals surface area contributed by atoms with Crippen LogP contribution in [0.2, 0.25) is 0 Å². The molecule has 4 nitrogen and oxygen atoms in total. The van der Waals surface area contributed by atoms with Gasteiger partial charge in [-0.1, -0.05) is 63.3 Å². The van der Waals surface area contributed by atoms with Gasteiger partial charge in [-0.3, -0.25) is 9.78 Å². The fraction of sp³-hybridized carbons (Fsp3) is 0.462. The average Bonchev–Trinajstić information content (AvgIpc) is 2.71. The highest BCUT2D eigenvalue weighted by atomic mass is 16.7. The van der Waals surface area contributed by atoms with E-state index < -0.39 is 5.60 Å². The Balaban J connectivity index is 2.36. The van der Waals surface area contributed by atoms with E-state index in [1.165, 1.54) is 0 Å². The number of carbonyl (C=O) groups excluding carboxylic acids is 1. The lowest BCUT2D eigenvalue weighted by atomic mass is 9.77. The zero-order valence-electron chi connectivity index (χ0n) is 19.1.